The Kier molecular flexibility index (Phi) is 5.98. The lowest BCUT2D eigenvalue weighted by atomic mass is 9.49. The summed E-state index contributed by atoms with van der Waals surface area (Å²) in [5.41, 5.74) is 3.04. The summed E-state index contributed by atoms with van der Waals surface area (Å²) in [6.45, 7) is 3.73. The number of phenols is 1. The van der Waals surface area contributed by atoms with Crippen LogP contribution in [0.2, 0.25) is 0 Å². The van der Waals surface area contributed by atoms with Crippen LogP contribution in [0.1, 0.15) is 66.9 Å². The average molecular weight is 527 g/mol. The standard InChI is InChI=1S/C28H34N2O8/c1-11-12-7-8-13(27(2)9-5-6-10-27)20(31)15(12)21(32)16-14(11)22(33)18-19(30(3)4)23(34)17(26(29)37)25(36)28(18,38)24(16)35/h7-8,11,14,16-19,22,31,33,38H,5-6,9-10H2,1-4H3,(H2,29,37)/t11?,14-,16?,17?,18-,19+,22+,28+/m1/s1. The molecule has 1 aromatic carbocycles. The first-order valence-electron chi connectivity index (χ1n) is 13.1. The van der Waals surface area contributed by atoms with E-state index in [0.717, 1.165) is 25.7 Å². The van der Waals surface area contributed by atoms with Gasteiger partial charge >= 0.3 is 0 Å². The summed E-state index contributed by atoms with van der Waals surface area (Å²) in [6, 6.07) is 2.16. The first kappa shape index (κ1) is 26.6. The van der Waals surface area contributed by atoms with E-state index in [0.29, 0.717) is 11.1 Å². The van der Waals surface area contributed by atoms with E-state index in [1.54, 1.807) is 19.1 Å². The number of carbonyl (C=O) groups excluding carboxylic acids is 5. The maximum Gasteiger partial charge on any atom is 0.235 e. The van der Waals surface area contributed by atoms with Crippen molar-refractivity contribution in [2.45, 2.75) is 68.6 Å². The van der Waals surface area contributed by atoms with Crippen LogP contribution in [0.15, 0.2) is 12.1 Å². The molecule has 4 aliphatic rings. The van der Waals surface area contributed by atoms with Crippen molar-refractivity contribution in [3.05, 3.63) is 28.8 Å². The van der Waals surface area contributed by atoms with E-state index in [4.69, 9.17) is 5.73 Å². The molecule has 3 saturated carbocycles. The highest BCUT2D eigenvalue weighted by molar-refractivity contribution is 6.32. The Morgan fingerprint density at radius 1 is 1.08 bits per heavy atom. The Bertz CT molecular complexity index is 1280. The molecule has 0 saturated heterocycles. The Morgan fingerprint density at radius 2 is 1.68 bits per heavy atom. The van der Waals surface area contributed by atoms with Crippen LogP contribution in [-0.4, -0.2) is 81.1 Å². The zero-order chi connectivity index (χ0) is 28.1. The van der Waals surface area contributed by atoms with Gasteiger partial charge in [0.25, 0.3) is 0 Å². The van der Waals surface area contributed by atoms with Crippen molar-refractivity contribution in [2.75, 3.05) is 14.1 Å². The summed E-state index contributed by atoms with van der Waals surface area (Å²) in [4.78, 5) is 68.1. The maximum absolute atomic E-state index is 14.0. The molecular formula is C28H34N2O8. The smallest absolute Gasteiger partial charge is 0.235 e. The minimum Gasteiger partial charge on any atom is -0.507 e. The molecule has 5 rings (SSSR count). The highest BCUT2D eigenvalue weighted by atomic mass is 16.3. The number of primary amides is 1. The highest BCUT2D eigenvalue weighted by Gasteiger charge is 2.73. The number of phenolic OH excluding ortho intramolecular Hbond substituents is 1. The maximum atomic E-state index is 14.0. The van der Waals surface area contributed by atoms with Gasteiger partial charge in [0.1, 0.15) is 5.75 Å². The van der Waals surface area contributed by atoms with E-state index in [9.17, 15) is 39.3 Å². The molecule has 204 valence electrons. The van der Waals surface area contributed by atoms with Crippen molar-refractivity contribution < 1.29 is 39.3 Å². The third-order valence-electron chi connectivity index (χ3n) is 9.85. The number of hydrogen-bond donors (Lipinski definition) is 4. The van der Waals surface area contributed by atoms with Gasteiger partial charge in [0, 0.05) is 11.5 Å². The summed E-state index contributed by atoms with van der Waals surface area (Å²) in [6.07, 6.45) is 2.00. The van der Waals surface area contributed by atoms with Gasteiger partial charge in [-0.3, -0.25) is 28.9 Å². The van der Waals surface area contributed by atoms with E-state index in [-0.39, 0.29) is 16.7 Å². The summed E-state index contributed by atoms with van der Waals surface area (Å²) >= 11 is 0. The van der Waals surface area contributed by atoms with Gasteiger partial charge in [-0.2, -0.15) is 0 Å². The number of aliphatic hydroxyl groups excluding tert-OH is 1. The quantitative estimate of drug-likeness (QED) is 0.402. The molecule has 3 unspecified atom stereocenters. The zero-order valence-electron chi connectivity index (χ0n) is 21.9. The number of nitrogens with zero attached hydrogens (tertiary/aromatic N) is 1. The molecule has 38 heavy (non-hydrogen) atoms. The molecule has 5 N–H and O–H groups in total. The lowest BCUT2D eigenvalue weighted by molar-refractivity contribution is -0.196. The van der Waals surface area contributed by atoms with Gasteiger partial charge in [-0.1, -0.05) is 38.8 Å². The number of fused-ring (bicyclic) bond motifs is 3. The molecule has 1 aromatic rings. The number of nitrogens with two attached hydrogens (primary N) is 1. The predicted octanol–water partition coefficient (Wildman–Crippen LogP) is 0.231. The van der Waals surface area contributed by atoms with Crippen molar-refractivity contribution in [1.29, 1.82) is 0 Å². The second kappa shape index (κ2) is 8.53. The Morgan fingerprint density at radius 3 is 2.24 bits per heavy atom. The molecule has 8 atom stereocenters. The number of likely N-dealkylation sites (N-methyl/N-ethyl adjacent to an activating group) is 1. The number of carbonyl (C=O) groups is 5. The van der Waals surface area contributed by atoms with Crippen molar-refractivity contribution >= 4 is 29.0 Å². The van der Waals surface area contributed by atoms with E-state index in [1.165, 1.54) is 19.0 Å². The number of aromatic hydroxyl groups is 1. The molecule has 10 heteroatoms. The molecule has 4 aliphatic carbocycles. The second-order valence-electron chi connectivity index (χ2n) is 12.1. The van der Waals surface area contributed by atoms with Crippen LogP contribution in [0.4, 0.5) is 0 Å². The van der Waals surface area contributed by atoms with Crippen LogP contribution in [0.5, 0.6) is 5.75 Å². The molecule has 0 spiro atoms. The average Bonchev–Trinajstić information content (AvgIpc) is 3.28. The van der Waals surface area contributed by atoms with Gasteiger partial charge in [0.15, 0.2) is 34.7 Å². The highest BCUT2D eigenvalue weighted by Crippen LogP contribution is 2.56. The topological polar surface area (TPSA) is 175 Å². The Balaban J connectivity index is 1.69. The van der Waals surface area contributed by atoms with Crippen LogP contribution in [0.3, 0.4) is 0 Å². The summed E-state index contributed by atoms with van der Waals surface area (Å²) in [7, 11) is 2.93. The van der Waals surface area contributed by atoms with Gasteiger partial charge in [-0.15, -0.1) is 0 Å². The summed E-state index contributed by atoms with van der Waals surface area (Å²) in [5.74, 6) is -12.9. The SMILES string of the molecule is CC1c2ccc(C3(C)CCCC3)c(O)c2C(=O)C2C(=O)[C@]3(O)C(=O)C(C(N)=O)C(=O)[C@@H](N(C)C)[C@@H]3[C@@H](O)[C@@H]21. The van der Waals surface area contributed by atoms with Crippen LogP contribution in [0.25, 0.3) is 0 Å². The first-order chi connectivity index (χ1) is 17.7. The molecule has 3 fully saturated rings. The van der Waals surface area contributed by atoms with E-state index in [1.807, 2.05) is 6.92 Å². The van der Waals surface area contributed by atoms with Crippen LogP contribution in [0, 0.1) is 23.7 Å². The largest absolute Gasteiger partial charge is 0.507 e. The Labute approximate surface area is 220 Å². The number of benzene rings is 1. The zero-order valence-corrected chi connectivity index (χ0v) is 21.9. The molecule has 1 amide bonds. The van der Waals surface area contributed by atoms with Gasteiger partial charge in [-0.25, -0.2) is 0 Å². The normalized spacial score (nSPS) is 38.1. The number of aliphatic hydroxyl groups is 2. The minimum atomic E-state index is -2.99. The van der Waals surface area contributed by atoms with E-state index < -0.39 is 76.4 Å². The molecule has 0 heterocycles. The number of Topliss-reactive ketones (excluding diaryl/α,β-unsaturated/α-hetero) is 4. The molecular weight excluding hydrogens is 492 g/mol. The lowest BCUT2D eigenvalue weighted by Crippen LogP contribution is -2.77. The predicted molar refractivity (Wildman–Crippen MR) is 133 cm³/mol. The minimum absolute atomic E-state index is 0.0399. The third-order valence-corrected chi connectivity index (χ3v) is 9.85. The summed E-state index contributed by atoms with van der Waals surface area (Å²) in [5, 5.41) is 34.7. The van der Waals surface area contributed by atoms with Gasteiger partial charge < -0.3 is 21.1 Å². The third kappa shape index (κ3) is 3.20. The van der Waals surface area contributed by atoms with E-state index >= 15 is 0 Å². The van der Waals surface area contributed by atoms with Crippen molar-refractivity contribution in [2.24, 2.45) is 29.4 Å². The summed E-state index contributed by atoms with van der Waals surface area (Å²) < 4.78 is 0. The Hall–Kier alpha value is -2.95. The fraction of sp³-hybridized carbons (Fsp3) is 0.607. The molecule has 0 aliphatic heterocycles. The monoisotopic (exact) mass is 526 g/mol. The number of amides is 1. The van der Waals surface area contributed by atoms with Gasteiger partial charge in [0.2, 0.25) is 5.91 Å². The molecule has 0 bridgehead atoms. The fourth-order valence-corrected chi connectivity index (χ4v) is 7.90. The second-order valence-corrected chi connectivity index (χ2v) is 12.1. The van der Waals surface area contributed by atoms with E-state index in [2.05, 4.69) is 0 Å². The van der Waals surface area contributed by atoms with Crippen molar-refractivity contribution in [3.63, 3.8) is 0 Å². The fourth-order valence-electron chi connectivity index (χ4n) is 7.90. The number of hydrogen-bond acceptors (Lipinski definition) is 9. The van der Waals surface area contributed by atoms with Crippen LogP contribution < -0.4 is 5.73 Å². The lowest BCUT2D eigenvalue weighted by Gasteiger charge is -2.56. The van der Waals surface area contributed by atoms with Crippen LogP contribution >= 0.6 is 0 Å². The van der Waals surface area contributed by atoms with Crippen molar-refractivity contribution in [3.8, 4) is 5.75 Å². The molecule has 10 nitrogen and oxygen atoms in total. The van der Waals surface area contributed by atoms with Crippen LogP contribution in [-0.2, 0) is 24.6 Å². The molecule has 0 aromatic heterocycles. The van der Waals surface area contributed by atoms with Gasteiger partial charge in [-0.05, 0) is 43.8 Å². The first-order valence-corrected chi connectivity index (χ1v) is 13.1. The molecule has 0 radical (unpaired) electrons. The number of rotatable bonds is 3. The van der Waals surface area contributed by atoms with Gasteiger partial charge in [0.05, 0.1) is 29.5 Å². The number of ketones is 4. The van der Waals surface area contributed by atoms with Crippen molar-refractivity contribution in [1.82, 2.24) is 4.90 Å².